The first kappa shape index (κ1) is 16.3. The van der Waals surface area contributed by atoms with Crippen molar-refractivity contribution < 1.29 is 14.6 Å². The van der Waals surface area contributed by atoms with Crippen LogP contribution in [0.5, 0.6) is 11.5 Å². The summed E-state index contributed by atoms with van der Waals surface area (Å²) < 4.78 is 5.78. The fraction of sp³-hybridized carbons (Fsp3) is 0. The van der Waals surface area contributed by atoms with Crippen LogP contribution < -0.4 is 10.2 Å². The van der Waals surface area contributed by atoms with Crippen LogP contribution in [-0.2, 0) is 0 Å². The van der Waals surface area contributed by atoms with E-state index >= 15 is 0 Å². The Morgan fingerprint density at radius 2 is 1.68 bits per heavy atom. The van der Waals surface area contributed by atoms with Crippen LogP contribution in [0.1, 0.15) is 15.9 Å². The number of carboxylic acids is 1. The van der Waals surface area contributed by atoms with Gasteiger partial charge in [0, 0.05) is 0 Å². The summed E-state index contributed by atoms with van der Waals surface area (Å²) in [6.07, 6.45) is 1.64. The maximum absolute atomic E-state index is 11.0. The smallest absolute Gasteiger partial charge is 0.335 e. The Kier molecular flexibility index (Phi) is 5.07. The third-order valence-corrected chi connectivity index (χ3v) is 3.35. The largest absolute Gasteiger partial charge is 0.478 e. The molecule has 2 N–H and O–H groups in total. The number of carboxylic acid groups (broad SMARTS) is 1. The molecule has 0 aliphatic carbocycles. The van der Waals surface area contributed by atoms with Crippen LogP contribution in [-0.4, -0.2) is 17.3 Å². The molecule has 0 saturated carbocycles. The number of para-hydroxylation sites is 1. The molecule has 0 aliphatic rings. The molecule has 0 aromatic heterocycles. The molecule has 0 radical (unpaired) electrons. The lowest BCUT2D eigenvalue weighted by Gasteiger charge is -2.06. The molecule has 0 fully saturated rings. The normalized spacial score (nSPS) is 10.6. The molecule has 5 heteroatoms. The molecule has 3 aromatic rings. The molecule has 0 spiro atoms. The number of hydrazone groups is 1. The molecule has 0 aliphatic heterocycles. The van der Waals surface area contributed by atoms with Gasteiger partial charge in [0.25, 0.3) is 0 Å². The van der Waals surface area contributed by atoms with Gasteiger partial charge in [-0.05, 0) is 48.0 Å². The zero-order valence-corrected chi connectivity index (χ0v) is 13.3. The van der Waals surface area contributed by atoms with Crippen molar-refractivity contribution in [2.24, 2.45) is 5.10 Å². The Bertz CT molecular complexity index is 892. The number of nitrogens with one attached hydrogen (secondary N) is 1. The maximum atomic E-state index is 11.0. The first-order chi connectivity index (χ1) is 12.2. The quantitative estimate of drug-likeness (QED) is 0.510. The Labute approximate surface area is 145 Å². The predicted octanol–water partition coefficient (Wildman–Crippen LogP) is 4.62. The summed E-state index contributed by atoms with van der Waals surface area (Å²) in [4.78, 5) is 11.0. The highest BCUT2D eigenvalue weighted by Gasteiger charge is 2.02. The summed E-state index contributed by atoms with van der Waals surface area (Å²) in [5.41, 5.74) is 4.49. The topological polar surface area (TPSA) is 70.9 Å². The van der Waals surface area contributed by atoms with E-state index < -0.39 is 5.97 Å². The second-order valence-electron chi connectivity index (χ2n) is 5.24. The van der Waals surface area contributed by atoms with E-state index in [1.807, 2.05) is 54.6 Å². The van der Waals surface area contributed by atoms with E-state index in [1.54, 1.807) is 18.3 Å². The molecule has 0 unspecified atom stereocenters. The average molecular weight is 332 g/mol. The molecule has 0 atom stereocenters. The SMILES string of the molecule is O=C(O)c1cccc(NN=Cc2cccc(Oc3ccccc3)c2)c1. The number of hydrogen-bond acceptors (Lipinski definition) is 4. The minimum absolute atomic E-state index is 0.207. The molecule has 0 bridgehead atoms. The van der Waals surface area contributed by atoms with Gasteiger partial charge in [0.1, 0.15) is 11.5 Å². The Balaban J connectivity index is 1.66. The Morgan fingerprint density at radius 1 is 0.920 bits per heavy atom. The molecule has 0 saturated heterocycles. The van der Waals surface area contributed by atoms with E-state index in [0.717, 1.165) is 11.3 Å². The van der Waals surface area contributed by atoms with E-state index in [9.17, 15) is 4.79 Å². The lowest BCUT2D eigenvalue weighted by atomic mass is 10.2. The molecule has 5 nitrogen and oxygen atoms in total. The van der Waals surface area contributed by atoms with Crippen molar-refractivity contribution in [3.63, 3.8) is 0 Å². The van der Waals surface area contributed by atoms with Crippen molar-refractivity contribution >= 4 is 17.9 Å². The summed E-state index contributed by atoms with van der Waals surface area (Å²) in [5.74, 6) is 0.501. The van der Waals surface area contributed by atoms with Gasteiger partial charge < -0.3 is 9.84 Å². The van der Waals surface area contributed by atoms with Gasteiger partial charge in [-0.15, -0.1) is 0 Å². The summed E-state index contributed by atoms with van der Waals surface area (Å²) in [5, 5.41) is 13.1. The van der Waals surface area contributed by atoms with Gasteiger partial charge in [-0.25, -0.2) is 4.79 Å². The van der Waals surface area contributed by atoms with Crippen molar-refractivity contribution in [2.75, 3.05) is 5.43 Å². The summed E-state index contributed by atoms with van der Waals surface area (Å²) >= 11 is 0. The van der Waals surface area contributed by atoms with Crippen LogP contribution >= 0.6 is 0 Å². The number of anilines is 1. The lowest BCUT2D eigenvalue weighted by molar-refractivity contribution is 0.0697. The summed E-state index contributed by atoms with van der Waals surface area (Å²) in [7, 11) is 0. The van der Waals surface area contributed by atoms with Gasteiger partial charge in [0.2, 0.25) is 0 Å². The van der Waals surface area contributed by atoms with Gasteiger partial charge in [0.15, 0.2) is 0 Å². The monoisotopic (exact) mass is 332 g/mol. The van der Waals surface area contributed by atoms with Gasteiger partial charge in [0.05, 0.1) is 17.5 Å². The maximum Gasteiger partial charge on any atom is 0.335 e. The van der Waals surface area contributed by atoms with E-state index in [-0.39, 0.29) is 5.56 Å². The van der Waals surface area contributed by atoms with Crippen molar-refractivity contribution in [2.45, 2.75) is 0 Å². The number of rotatable bonds is 6. The van der Waals surface area contributed by atoms with Gasteiger partial charge in [-0.2, -0.15) is 5.10 Å². The van der Waals surface area contributed by atoms with Crippen molar-refractivity contribution in [3.05, 3.63) is 90.0 Å². The van der Waals surface area contributed by atoms with E-state index in [1.165, 1.54) is 12.1 Å². The van der Waals surface area contributed by atoms with E-state index in [0.29, 0.717) is 11.4 Å². The lowest BCUT2D eigenvalue weighted by Crippen LogP contribution is -1.97. The molecule has 3 rings (SSSR count). The highest BCUT2D eigenvalue weighted by Crippen LogP contribution is 2.21. The number of carbonyl (C=O) groups is 1. The highest BCUT2D eigenvalue weighted by atomic mass is 16.5. The first-order valence-electron chi connectivity index (χ1n) is 7.66. The van der Waals surface area contributed by atoms with Crippen LogP contribution in [0.25, 0.3) is 0 Å². The van der Waals surface area contributed by atoms with Crippen LogP contribution in [0.3, 0.4) is 0 Å². The van der Waals surface area contributed by atoms with Gasteiger partial charge in [-0.1, -0.05) is 36.4 Å². The van der Waals surface area contributed by atoms with E-state index in [2.05, 4.69) is 10.5 Å². The van der Waals surface area contributed by atoms with Crippen LogP contribution in [0.2, 0.25) is 0 Å². The van der Waals surface area contributed by atoms with E-state index in [4.69, 9.17) is 9.84 Å². The fourth-order valence-corrected chi connectivity index (χ4v) is 2.19. The van der Waals surface area contributed by atoms with Crippen molar-refractivity contribution in [1.29, 1.82) is 0 Å². The van der Waals surface area contributed by atoms with Gasteiger partial charge >= 0.3 is 5.97 Å². The zero-order chi connectivity index (χ0) is 17.5. The molecule has 3 aromatic carbocycles. The molecule has 25 heavy (non-hydrogen) atoms. The number of hydrogen-bond donors (Lipinski definition) is 2. The molecule has 0 heterocycles. The molecule has 0 amide bonds. The van der Waals surface area contributed by atoms with Crippen LogP contribution in [0.4, 0.5) is 5.69 Å². The van der Waals surface area contributed by atoms with Crippen molar-refractivity contribution in [3.8, 4) is 11.5 Å². The number of benzene rings is 3. The standard InChI is InChI=1S/C20H16N2O3/c23-20(24)16-7-5-8-17(13-16)22-21-14-15-6-4-11-19(12-15)25-18-9-2-1-3-10-18/h1-14,22H,(H,23,24). The average Bonchev–Trinajstić information content (AvgIpc) is 2.63. The molecular formula is C20H16N2O3. The number of ether oxygens (including phenoxy) is 1. The molecular weight excluding hydrogens is 316 g/mol. The highest BCUT2D eigenvalue weighted by molar-refractivity contribution is 5.89. The first-order valence-corrected chi connectivity index (χ1v) is 7.66. The van der Waals surface area contributed by atoms with Gasteiger partial charge in [-0.3, -0.25) is 5.43 Å². The zero-order valence-electron chi connectivity index (χ0n) is 13.3. The fourth-order valence-electron chi connectivity index (χ4n) is 2.19. The Hall–Kier alpha value is -3.60. The second-order valence-corrected chi connectivity index (χ2v) is 5.24. The van der Waals surface area contributed by atoms with Crippen molar-refractivity contribution in [1.82, 2.24) is 0 Å². The summed E-state index contributed by atoms with van der Waals surface area (Å²) in [6, 6.07) is 23.5. The Morgan fingerprint density at radius 3 is 2.48 bits per heavy atom. The minimum atomic E-state index is -0.974. The second kappa shape index (κ2) is 7.79. The molecule has 124 valence electrons. The van der Waals surface area contributed by atoms with Crippen LogP contribution in [0.15, 0.2) is 84.0 Å². The third-order valence-electron chi connectivity index (χ3n) is 3.35. The predicted molar refractivity (Wildman–Crippen MR) is 97.6 cm³/mol. The van der Waals surface area contributed by atoms with Crippen LogP contribution in [0, 0.1) is 0 Å². The minimum Gasteiger partial charge on any atom is -0.478 e. The third kappa shape index (κ3) is 4.68. The summed E-state index contributed by atoms with van der Waals surface area (Å²) in [6.45, 7) is 0. The number of nitrogens with zero attached hydrogens (tertiary/aromatic N) is 1. The number of aromatic carboxylic acids is 1.